The molecule has 15 nitrogen and oxygen atoms in total. The molecule has 0 radical (unpaired) electrons. The fourth-order valence-corrected chi connectivity index (χ4v) is 11.9. The van der Waals surface area contributed by atoms with E-state index in [9.17, 15) is 24.3 Å². The van der Waals surface area contributed by atoms with Crippen molar-refractivity contribution in [2.24, 2.45) is 5.41 Å². The zero-order chi connectivity index (χ0) is 52.1. The van der Waals surface area contributed by atoms with Crippen molar-refractivity contribution in [1.29, 1.82) is 0 Å². The van der Waals surface area contributed by atoms with Crippen molar-refractivity contribution in [3.63, 3.8) is 0 Å². The number of aryl methyl sites for hydroxylation is 2. The van der Waals surface area contributed by atoms with E-state index in [2.05, 4.69) is 56.2 Å². The first-order valence-corrected chi connectivity index (χ1v) is 26.9. The Balaban J connectivity index is 1.24. The third-order valence-electron chi connectivity index (χ3n) is 15.5. The van der Waals surface area contributed by atoms with Gasteiger partial charge in [-0.1, -0.05) is 87.5 Å². The second-order valence-electron chi connectivity index (χ2n) is 21.9. The van der Waals surface area contributed by atoms with Gasteiger partial charge in [0.15, 0.2) is 0 Å². The van der Waals surface area contributed by atoms with Crippen molar-refractivity contribution >= 4 is 47.2 Å². The number of amides is 6. The minimum absolute atomic E-state index is 0.0677. The van der Waals surface area contributed by atoms with Gasteiger partial charge in [0, 0.05) is 35.9 Å². The number of rotatable bonds is 17. The summed E-state index contributed by atoms with van der Waals surface area (Å²) in [5, 5.41) is 28.5. The summed E-state index contributed by atoms with van der Waals surface area (Å²) >= 11 is 1.37. The third kappa shape index (κ3) is 12.2. The highest BCUT2D eigenvalue weighted by atomic mass is 32.2. The third-order valence-corrected chi connectivity index (χ3v) is 16.9. The van der Waals surface area contributed by atoms with Crippen LogP contribution in [0.4, 0.5) is 0 Å². The van der Waals surface area contributed by atoms with Crippen LogP contribution in [0.25, 0.3) is 0 Å². The van der Waals surface area contributed by atoms with Gasteiger partial charge in [0.25, 0.3) is 0 Å². The minimum atomic E-state index is -1.06. The highest BCUT2D eigenvalue weighted by Crippen LogP contribution is 2.39. The van der Waals surface area contributed by atoms with Crippen molar-refractivity contribution in [2.75, 3.05) is 33.0 Å². The summed E-state index contributed by atoms with van der Waals surface area (Å²) in [5.74, 6) is -1.93. The monoisotopic (exact) mass is 1010 g/mol. The first-order chi connectivity index (χ1) is 34.3. The summed E-state index contributed by atoms with van der Waals surface area (Å²) in [6.07, 6.45) is 5.79. The number of likely N-dealkylation sites (N-methyl/N-ethyl adjacent to an activating group) is 2. The molecule has 4 aliphatic rings. The number of carbonyl (C=O) groups is 6. The molecule has 9 atom stereocenters. The van der Waals surface area contributed by atoms with E-state index in [1.54, 1.807) is 37.7 Å². The van der Waals surface area contributed by atoms with E-state index in [1.807, 2.05) is 77.1 Å². The number of nitrogens with zero attached hydrogens (tertiary/aromatic N) is 2. The molecule has 0 spiro atoms. The molecule has 2 aliphatic carbocycles. The zero-order valence-corrected chi connectivity index (χ0v) is 44.5. The molecule has 16 heteroatoms. The van der Waals surface area contributed by atoms with E-state index >= 15 is 9.59 Å². The van der Waals surface area contributed by atoms with E-state index < -0.39 is 52.3 Å². The Morgan fingerprint density at radius 2 is 1.21 bits per heavy atom. The molecule has 7 rings (SSSR count). The Labute approximate surface area is 430 Å². The fraction of sp³-hybridized carbons (Fsp3) is 0.571. The van der Waals surface area contributed by atoms with Crippen LogP contribution in [0.2, 0.25) is 0 Å². The molecule has 0 bridgehead atoms. The Morgan fingerprint density at radius 1 is 0.681 bits per heavy atom. The van der Waals surface area contributed by atoms with Crippen molar-refractivity contribution in [3.05, 3.63) is 106 Å². The topological polar surface area (TPSA) is 201 Å². The van der Waals surface area contributed by atoms with Gasteiger partial charge in [0.2, 0.25) is 35.4 Å². The van der Waals surface area contributed by atoms with Crippen molar-refractivity contribution in [1.82, 2.24) is 41.7 Å². The van der Waals surface area contributed by atoms with Gasteiger partial charge < -0.3 is 46.8 Å². The summed E-state index contributed by atoms with van der Waals surface area (Å²) in [5.41, 5.74) is 6.47. The number of nitrogens with one attached hydrogen (secondary N) is 6. The molecular formula is C56H78N8O7S. The van der Waals surface area contributed by atoms with Crippen LogP contribution in [0.15, 0.2) is 66.7 Å². The van der Waals surface area contributed by atoms with Gasteiger partial charge in [-0.15, -0.1) is 0 Å². The molecular weight excluding hydrogens is 929 g/mol. The van der Waals surface area contributed by atoms with E-state index in [1.165, 1.54) is 22.9 Å². The van der Waals surface area contributed by atoms with Crippen LogP contribution in [0.5, 0.6) is 0 Å². The zero-order valence-electron chi connectivity index (χ0n) is 43.7. The van der Waals surface area contributed by atoms with Gasteiger partial charge in [-0.25, -0.2) is 0 Å². The molecule has 390 valence electrons. The van der Waals surface area contributed by atoms with E-state index in [0.717, 1.165) is 66.3 Å². The lowest BCUT2D eigenvalue weighted by atomic mass is 9.85. The van der Waals surface area contributed by atoms with Crippen LogP contribution >= 0.6 is 11.8 Å². The summed E-state index contributed by atoms with van der Waals surface area (Å²) in [6, 6.07) is 17.1. The maximum atomic E-state index is 15.4. The summed E-state index contributed by atoms with van der Waals surface area (Å²) < 4.78 is -0.890. The number of carbonyl (C=O) groups excluding carboxylic acids is 6. The van der Waals surface area contributed by atoms with Crippen LogP contribution in [-0.4, -0.2) is 124 Å². The summed E-state index contributed by atoms with van der Waals surface area (Å²) in [4.78, 5) is 90.2. The smallest absolute Gasteiger partial charge is 0.247 e. The van der Waals surface area contributed by atoms with E-state index in [4.69, 9.17) is 0 Å². The Kier molecular flexibility index (Phi) is 17.6. The number of likely N-dealkylation sites (tertiary alicyclic amines) is 1. The minimum Gasteiger partial charge on any atom is -0.396 e. The van der Waals surface area contributed by atoms with E-state index in [0.29, 0.717) is 12.2 Å². The lowest BCUT2D eigenvalue weighted by Gasteiger charge is -2.42. The molecule has 3 aromatic rings. The van der Waals surface area contributed by atoms with E-state index in [-0.39, 0.29) is 73.7 Å². The summed E-state index contributed by atoms with van der Waals surface area (Å²) in [6.45, 7) is 13.1. The molecule has 1 saturated heterocycles. The number of benzene rings is 3. The molecule has 72 heavy (non-hydrogen) atoms. The predicted molar refractivity (Wildman–Crippen MR) is 282 cm³/mol. The Bertz CT molecular complexity index is 2480. The molecule has 6 amide bonds. The van der Waals surface area contributed by atoms with Crippen LogP contribution in [-0.2, 0) is 54.6 Å². The highest BCUT2D eigenvalue weighted by Gasteiger charge is 2.48. The molecule has 0 aromatic heterocycles. The molecule has 7 N–H and O–H groups in total. The van der Waals surface area contributed by atoms with Gasteiger partial charge in [0.1, 0.15) is 24.2 Å². The maximum Gasteiger partial charge on any atom is 0.247 e. The maximum absolute atomic E-state index is 15.4. The van der Waals surface area contributed by atoms with Gasteiger partial charge >= 0.3 is 0 Å². The van der Waals surface area contributed by atoms with Crippen molar-refractivity contribution in [2.45, 2.75) is 165 Å². The van der Waals surface area contributed by atoms with Crippen LogP contribution in [0.3, 0.4) is 0 Å². The van der Waals surface area contributed by atoms with Gasteiger partial charge in [-0.3, -0.25) is 28.8 Å². The standard InChI is InChI=1S/C56H78N8O7S/c1-33(57-8)49(66)61-47(55(3,4)5)53(70)63-32-40(30-46(63)52(69)60-44-23-15-19-36-17-11-13-21-42(36)44)37-24-25-38-29-45(51(68)59-43-22-14-18-35-16-10-12-20-41(35)43)64(31-39(38)28-37)54(71)48(56(6,7)72-27-26-65)62-50(67)34(2)58-9/h10-13,16-17,20-21,24-25,28,33-34,40,43-48,57-58,65H,14-15,18-19,22-23,26-27,29-32H2,1-9H3,(H,59,68)(H,60,69)(H,61,66)(H,62,67)/t33-,34-,40-,43+,44+,45-,46-,47+,48+/m0/s1. The molecule has 3 aromatic carbocycles. The van der Waals surface area contributed by atoms with Crippen molar-refractivity contribution in [3.8, 4) is 0 Å². The molecule has 0 unspecified atom stereocenters. The van der Waals surface area contributed by atoms with Gasteiger partial charge in [-0.2, -0.15) is 11.8 Å². The van der Waals surface area contributed by atoms with Gasteiger partial charge in [-0.05, 0) is 131 Å². The number of hydrogen-bond donors (Lipinski definition) is 7. The number of fused-ring (bicyclic) bond motifs is 3. The quantitative estimate of drug-likeness (QED) is 0.0991. The second kappa shape index (κ2) is 23.3. The van der Waals surface area contributed by atoms with Crippen LogP contribution in [0, 0.1) is 5.41 Å². The number of aliphatic hydroxyl groups excluding tert-OH is 1. The average molecular weight is 1010 g/mol. The highest BCUT2D eigenvalue weighted by molar-refractivity contribution is 8.00. The largest absolute Gasteiger partial charge is 0.396 e. The lowest BCUT2D eigenvalue weighted by Crippen LogP contribution is -2.63. The number of hydrogen-bond acceptors (Lipinski definition) is 10. The number of aliphatic hydroxyl groups is 1. The number of thioether (sulfide) groups is 1. The second-order valence-corrected chi connectivity index (χ2v) is 23.7. The normalized spacial score (nSPS) is 22.5. The lowest BCUT2D eigenvalue weighted by molar-refractivity contribution is -0.145. The predicted octanol–water partition coefficient (Wildman–Crippen LogP) is 4.75. The summed E-state index contributed by atoms with van der Waals surface area (Å²) in [7, 11) is 3.36. The fourth-order valence-electron chi connectivity index (χ4n) is 10.9. The average Bonchev–Trinajstić information content (AvgIpc) is 3.83. The van der Waals surface area contributed by atoms with Crippen LogP contribution in [0.1, 0.15) is 138 Å². The molecule has 2 aliphatic heterocycles. The van der Waals surface area contributed by atoms with Crippen molar-refractivity contribution < 1.29 is 33.9 Å². The Morgan fingerprint density at radius 3 is 1.75 bits per heavy atom. The molecule has 2 heterocycles. The van der Waals surface area contributed by atoms with Gasteiger partial charge in [0.05, 0.1) is 30.8 Å². The first kappa shape index (κ1) is 54.5. The first-order valence-electron chi connectivity index (χ1n) is 25.9. The molecule has 0 saturated carbocycles. The van der Waals surface area contributed by atoms with Crippen LogP contribution < -0.4 is 31.9 Å². The SMILES string of the molecule is CN[C@@H](C)C(=O)N[C@H](C(=O)N1C[C@@H](c2ccc3c(c2)CN(C(=O)[C@@H](NC(=O)[C@H](C)NC)C(C)(C)SCCO)[C@H](C(=O)N[C@@H]2CCCc4ccccc42)C3)C[C@H]1C(=O)N[C@@H]1CCCc2ccccc21)C(C)(C)C. The molecule has 1 fully saturated rings. The Hall–Kier alpha value is -5.29.